The Morgan fingerprint density at radius 2 is 1.79 bits per heavy atom. The number of halogens is 3. The molecule has 0 fully saturated rings. The Morgan fingerprint density at radius 3 is 2.42 bits per heavy atom. The lowest BCUT2D eigenvalue weighted by Gasteiger charge is -2.06. The maximum Gasteiger partial charge on any atom is 0.416 e. The van der Waals surface area contributed by atoms with Crippen molar-refractivity contribution >= 4 is 23.3 Å². The molecular weight excluding hydrogens is 317 g/mol. The molecule has 0 aliphatic rings. The smallest absolute Gasteiger partial charge is 0.416 e. The number of fused-ring (bicyclic) bond motifs is 1. The Bertz CT molecular complexity index is 893. The molecule has 124 valence electrons. The zero-order valence-corrected chi connectivity index (χ0v) is 12.9. The molecule has 2 aromatic carbocycles. The largest absolute Gasteiger partial charge is 0.441 e. The number of hydrogen-bond donors (Lipinski definition) is 1. The topological polar surface area (TPSA) is 52.0 Å². The van der Waals surface area contributed by atoms with Crippen molar-refractivity contribution in [2.45, 2.75) is 19.6 Å². The highest BCUT2D eigenvalue weighted by atomic mass is 19.4. The summed E-state index contributed by atoms with van der Waals surface area (Å²) in [5, 5.41) is 0. The second-order valence-electron chi connectivity index (χ2n) is 5.38. The van der Waals surface area contributed by atoms with E-state index in [0.717, 1.165) is 23.3 Å². The van der Waals surface area contributed by atoms with Gasteiger partial charge in [-0.25, -0.2) is 4.98 Å². The minimum Gasteiger partial charge on any atom is -0.441 e. The van der Waals surface area contributed by atoms with Crippen LogP contribution in [0, 0.1) is 6.92 Å². The lowest BCUT2D eigenvalue weighted by Crippen LogP contribution is -2.03. The standard InChI is InChI=1S/C18H15F3N2O/c1-11-23-16-13(6-7-14(10-22)17(16)24-11)5-2-12-3-8-15(9-4-12)18(19,20)21/h2-9H,10,22H2,1H3/b5-2+. The molecule has 3 rings (SSSR count). The van der Waals surface area contributed by atoms with E-state index in [1.54, 1.807) is 19.1 Å². The summed E-state index contributed by atoms with van der Waals surface area (Å²) < 4.78 is 43.3. The molecule has 0 saturated carbocycles. The monoisotopic (exact) mass is 332 g/mol. The molecule has 0 atom stereocenters. The van der Waals surface area contributed by atoms with Gasteiger partial charge in [0.1, 0.15) is 5.52 Å². The van der Waals surface area contributed by atoms with E-state index in [0.29, 0.717) is 29.1 Å². The predicted octanol–water partition coefficient (Wildman–Crippen LogP) is 4.78. The normalized spacial score (nSPS) is 12.4. The molecule has 0 spiro atoms. The van der Waals surface area contributed by atoms with Gasteiger partial charge in [0, 0.05) is 24.6 Å². The second-order valence-corrected chi connectivity index (χ2v) is 5.38. The Kier molecular flexibility index (Phi) is 4.15. The van der Waals surface area contributed by atoms with Crippen LogP contribution in [0.2, 0.25) is 0 Å². The zero-order valence-electron chi connectivity index (χ0n) is 12.9. The van der Waals surface area contributed by atoms with E-state index < -0.39 is 11.7 Å². The first-order valence-corrected chi connectivity index (χ1v) is 7.33. The van der Waals surface area contributed by atoms with Crippen LogP contribution in [-0.4, -0.2) is 4.98 Å². The highest BCUT2D eigenvalue weighted by Crippen LogP contribution is 2.29. The molecule has 6 heteroatoms. The number of benzene rings is 2. The molecule has 3 aromatic rings. The van der Waals surface area contributed by atoms with Gasteiger partial charge in [-0.1, -0.05) is 36.4 Å². The van der Waals surface area contributed by atoms with Gasteiger partial charge in [0.2, 0.25) is 0 Å². The highest BCUT2D eigenvalue weighted by Gasteiger charge is 2.29. The first-order chi connectivity index (χ1) is 11.4. The van der Waals surface area contributed by atoms with Gasteiger partial charge in [-0.05, 0) is 17.7 Å². The molecule has 24 heavy (non-hydrogen) atoms. The number of rotatable bonds is 3. The summed E-state index contributed by atoms with van der Waals surface area (Å²) >= 11 is 0. The van der Waals surface area contributed by atoms with E-state index in [9.17, 15) is 13.2 Å². The maximum atomic E-state index is 12.6. The Morgan fingerprint density at radius 1 is 1.08 bits per heavy atom. The van der Waals surface area contributed by atoms with Crippen LogP contribution < -0.4 is 5.73 Å². The van der Waals surface area contributed by atoms with Crippen molar-refractivity contribution in [3.8, 4) is 0 Å². The van der Waals surface area contributed by atoms with E-state index in [1.807, 2.05) is 12.1 Å². The van der Waals surface area contributed by atoms with E-state index in [1.165, 1.54) is 12.1 Å². The molecule has 1 aromatic heterocycles. The summed E-state index contributed by atoms with van der Waals surface area (Å²) in [6.07, 6.45) is -0.793. The van der Waals surface area contributed by atoms with Crippen molar-refractivity contribution in [2.75, 3.05) is 0 Å². The predicted molar refractivity (Wildman–Crippen MR) is 87.0 cm³/mol. The van der Waals surface area contributed by atoms with Crippen molar-refractivity contribution in [2.24, 2.45) is 5.73 Å². The molecule has 3 nitrogen and oxygen atoms in total. The zero-order chi connectivity index (χ0) is 17.3. The van der Waals surface area contributed by atoms with Crippen LogP contribution in [0.5, 0.6) is 0 Å². The molecule has 0 amide bonds. The van der Waals surface area contributed by atoms with Crippen LogP contribution in [0.15, 0.2) is 40.8 Å². The summed E-state index contributed by atoms with van der Waals surface area (Å²) in [4.78, 5) is 4.36. The minimum absolute atomic E-state index is 0.341. The molecule has 1 heterocycles. The van der Waals surface area contributed by atoms with Gasteiger partial charge in [-0.15, -0.1) is 0 Å². The third kappa shape index (κ3) is 3.19. The van der Waals surface area contributed by atoms with Gasteiger partial charge < -0.3 is 10.2 Å². The van der Waals surface area contributed by atoms with Crippen LogP contribution in [0.1, 0.15) is 28.1 Å². The molecular formula is C18H15F3N2O. The fourth-order valence-electron chi connectivity index (χ4n) is 2.45. The first kappa shape index (κ1) is 16.3. The average molecular weight is 332 g/mol. The van der Waals surface area contributed by atoms with E-state index in [2.05, 4.69) is 4.98 Å². The summed E-state index contributed by atoms with van der Waals surface area (Å²) in [6.45, 7) is 2.09. The Hall–Kier alpha value is -2.60. The highest BCUT2D eigenvalue weighted by molar-refractivity contribution is 5.89. The third-order valence-corrected chi connectivity index (χ3v) is 3.68. The number of nitrogens with zero attached hydrogens (tertiary/aromatic N) is 1. The summed E-state index contributed by atoms with van der Waals surface area (Å²) in [6, 6.07) is 8.71. The molecule has 0 aliphatic carbocycles. The van der Waals surface area contributed by atoms with Gasteiger partial charge in [-0.3, -0.25) is 0 Å². The van der Waals surface area contributed by atoms with Crippen LogP contribution in [0.3, 0.4) is 0 Å². The lowest BCUT2D eigenvalue weighted by molar-refractivity contribution is -0.137. The van der Waals surface area contributed by atoms with Gasteiger partial charge in [-0.2, -0.15) is 13.2 Å². The number of aromatic nitrogens is 1. The molecule has 2 N–H and O–H groups in total. The summed E-state index contributed by atoms with van der Waals surface area (Å²) in [5.41, 5.74) is 8.71. The lowest BCUT2D eigenvalue weighted by atomic mass is 10.1. The number of oxazole rings is 1. The van der Waals surface area contributed by atoms with E-state index in [4.69, 9.17) is 10.2 Å². The fraction of sp³-hybridized carbons (Fsp3) is 0.167. The van der Waals surface area contributed by atoms with E-state index >= 15 is 0 Å². The number of hydrogen-bond acceptors (Lipinski definition) is 3. The van der Waals surface area contributed by atoms with Crippen LogP contribution in [0.4, 0.5) is 13.2 Å². The third-order valence-electron chi connectivity index (χ3n) is 3.68. The molecule has 0 aliphatic heterocycles. The average Bonchev–Trinajstić information content (AvgIpc) is 2.93. The van der Waals surface area contributed by atoms with Gasteiger partial charge in [0.05, 0.1) is 5.56 Å². The number of nitrogens with two attached hydrogens (primary N) is 1. The number of alkyl halides is 3. The van der Waals surface area contributed by atoms with Gasteiger partial charge >= 0.3 is 6.18 Å². The van der Waals surface area contributed by atoms with Crippen LogP contribution >= 0.6 is 0 Å². The molecule has 0 radical (unpaired) electrons. The summed E-state index contributed by atoms with van der Waals surface area (Å²) in [7, 11) is 0. The van der Waals surface area contributed by atoms with Gasteiger partial charge in [0.15, 0.2) is 11.5 Å². The van der Waals surface area contributed by atoms with Crippen molar-refractivity contribution in [3.63, 3.8) is 0 Å². The van der Waals surface area contributed by atoms with Crippen molar-refractivity contribution in [1.29, 1.82) is 0 Å². The Labute approximate surface area is 136 Å². The second kappa shape index (κ2) is 6.13. The fourth-order valence-corrected chi connectivity index (χ4v) is 2.45. The molecule has 0 unspecified atom stereocenters. The summed E-state index contributed by atoms with van der Waals surface area (Å²) in [5.74, 6) is 0.537. The first-order valence-electron chi connectivity index (χ1n) is 7.33. The number of aryl methyl sites for hydroxylation is 1. The van der Waals surface area contributed by atoms with Crippen molar-refractivity contribution in [3.05, 3.63) is 64.5 Å². The van der Waals surface area contributed by atoms with Crippen molar-refractivity contribution < 1.29 is 17.6 Å². The van der Waals surface area contributed by atoms with Crippen molar-refractivity contribution in [1.82, 2.24) is 4.98 Å². The van der Waals surface area contributed by atoms with E-state index in [-0.39, 0.29) is 0 Å². The molecule has 0 saturated heterocycles. The van der Waals surface area contributed by atoms with Crippen LogP contribution in [-0.2, 0) is 12.7 Å². The molecule has 0 bridgehead atoms. The minimum atomic E-state index is -4.33. The van der Waals surface area contributed by atoms with Crippen LogP contribution in [0.25, 0.3) is 23.3 Å². The van der Waals surface area contributed by atoms with Gasteiger partial charge in [0.25, 0.3) is 0 Å². The SMILES string of the molecule is Cc1nc2c(/C=C/c3ccc(C(F)(F)F)cc3)ccc(CN)c2o1. The Balaban J connectivity index is 1.93. The quantitative estimate of drug-likeness (QED) is 0.702. The maximum absolute atomic E-state index is 12.6.